The second kappa shape index (κ2) is 5.58. The predicted molar refractivity (Wildman–Crippen MR) is 75.8 cm³/mol. The van der Waals surface area contributed by atoms with E-state index >= 15 is 0 Å². The molecule has 0 aliphatic carbocycles. The van der Waals surface area contributed by atoms with Crippen LogP contribution in [-0.4, -0.2) is 44.2 Å². The molecule has 1 amide bonds. The molecule has 3 rings (SSSR count). The van der Waals surface area contributed by atoms with E-state index in [-0.39, 0.29) is 11.9 Å². The lowest BCUT2D eigenvalue weighted by molar-refractivity contribution is 0.0926. The number of carbonyl (C=O) groups excluding carboxylic acids is 1. The minimum absolute atomic E-state index is 0.130. The highest BCUT2D eigenvalue weighted by Crippen LogP contribution is 2.17. The van der Waals surface area contributed by atoms with Crippen molar-refractivity contribution in [2.45, 2.75) is 18.9 Å². The van der Waals surface area contributed by atoms with E-state index in [4.69, 9.17) is 0 Å². The lowest BCUT2D eigenvalue weighted by Crippen LogP contribution is -2.45. The molecule has 20 heavy (non-hydrogen) atoms. The smallest absolute Gasteiger partial charge is 0.272 e. The number of hydrogen-bond acceptors (Lipinski definition) is 6. The number of piperidine rings is 1. The third kappa shape index (κ3) is 2.64. The van der Waals surface area contributed by atoms with Gasteiger partial charge in [0.05, 0.1) is 0 Å². The Morgan fingerprint density at radius 3 is 2.85 bits per heavy atom. The van der Waals surface area contributed by atoms with Crippen molar-refractivity contribution >= 4 is 23.4 Å². The molecular weight excluding hydrogens is 276 g/mol. The third-order valence-corrected chi connectivity index (χ3v) is 4.01. The Kier molecular flexibility index (Phi) is 3.64. The fourth-order valence-corrected chi connectivity index (χ4v) is 2.85. The maximum absolute atomic E-state index is 11.9. The quantitative estimate of drug-likeness (QED) is 0.900. The van der Waals surface area contributed by atoms with Crippen LogP contribution < -0.4 is 10.2 Å². The zero-order valence-electron chi connectivity index (χ0n) is 11.2. The van der Waals surface area contributed by atoms with E-state index in [1.54, 1.807) is 11.6 Å². The van der Waals surface area contributed by atoms with E-state index in [1.165, 1.54) is 11.5 Å². The van der Waals surface area contributed by atoms with Gasteiger partial charge in [-0.05, 0) is 24.4 Å². The fraction of sp³-hybridized carbons (Fsp3) is 0.500. The summed E-state index contributed by atoms with van der Waals surface area (Å²) in [5, 5.41) is 8.46. The topological polar surface area (TPSA) is 75.9 Å². The van der Waals surface area contributed by atoms with Gasteiger partial charge in [0.2, 0.25) is 5.95 Å². The van der Waals surface area contributed by atoms with Crippen LogP contribution in [0, 0.1) is 0 Å². The number of rotatable bonds is 3. The summed E-state index contributed by atoms with van der Waals surface area (Å²) in [7, 11) is 1.99. The first-order valence-electron chi connectivity index (χ1n) is 6.54. The summed E-state index contributed by atoms with van der Waals surface area (Å²) < 4.78 is 5.72. The number of amides is 1. The average molecular weight is 292 g/mol. The SMILES string of the molecule is Cn1ccnc1N1CCC(NC(=O)c2csnn2)CC1. The molecule has 0 radical (unpaired) electrons. The maximum Gasteiger partial charge on any atom is 0.272 e. The number of aryl methyl sites for hydroxylation is 1. The van der Waals surface area contributed by atoms with E-state index in [9.17, 15) is 4.79 Å². The van der Waals surface area contributed by atoms with Crippen molar-refractivity contribution in [2.75, 3.05) is 18.0 Å². The van der Waals surface area contributed by atoms with Crippen LogP contribution >= 0.6 is 11.5 Å². The first-order chi connectivity index (χ1) is 9.74. The fourth-order valence-electron chi connectivity index (χ4n) is 2.41. The molecule has 106 valence electrons. The van der Waals surface area contributed by atoms with E-state index in [1.807, 2.05) is 17.8 Å². The van der Waals surface area contributed by atoms with Crippen LogP contribution in [0.1, 0.15) is 23.3 Å². The number of aromatic nitrogens is 4. The van der Waals surface area contributed by atoms with Gasteiger partial charge < -0.3 is 14.8 Å². The molecule has 0 spiro atoms. The number of anilines is 1. The number of hydrogen-bond donors (Lipinski definition) is 1. The Bertz CT molecular complexity index is 573. The summed E-state index contributed by atoms with van der Waals surface area (Å²) in [5.74, 6) is 0.854. The standard InChI is InChI=1S/C12H16N6OS/c1-17-7-4-13-12(17)18-5-2-9(3-6-18)14-11(19)10-8-20-16-15-10/h4,7-9H,2-3,5-6H2,1H3,(H,14,19). The molecule has 1 N–H and O–H groups in total. The molecule has 0 unspecified atom stereocenters. The highest BCUT2D eigenvalue weighted by Gasteiger charge is 2.23. The van der Waals surface area contributed by atoms with Crippen molar-refractivity contribution in [3.8, 4) is 0 Å². The summed E-state index contributed by atoms with van der Waals surface area (Å²) >= 11 is 1.19. The van der Waals surface area contributed by atoms with Gasteiger partial charge in [-0.1, -0.05) is 4.49 Å². The maximum atomic E-state index is 11.9. The van der Waals surface area contributed by atoms with Crippen LogP contribution in [0.15, 0.2) is 17.8 Å². The highest BCUT2D eigenvalue weighted by atomic mass is 32.1. The van der Waals surface area contributed by atoms with Gasteiger partial charge in [-0.3, -0.25) is 4.79 Å². The number of carbonyl (C=O) groups is 1. The average Bonchev–Trinajstić information content (AvgIpc) is 3.11. The Labute approximate surface area is 120 Å². The lowest BCUT2D eigenvalue weighted by atomic mass is 10.1. The first-order valence-corrected chi connectivity index (χ1v) is 7.38. The van der Waals surface area contributed by atoms with Crippen LogP contribution in [-0.2, 0) is 7.05 Å². The van der Waals surface area contributed by atoms with Crippen LogP contribution in [0.3, 0.4) is 0 Å². The van der Waals surface area contributed by atoms with Crippen molar-refractivity contribution in [3.05, 3.63) is 23.5 Å². The number of nitrogens with zero attached hydrogens (tertiary/aromatic N) is 5. The Hall–Kier alpha value is -1.96. The van der Waals surface area contributed by atoms with Crippen molar-refractivity contribution in [3.63, 3.8) is 0 Å². The van der Waals surface area contributed by atoms with E-state index in [0.29, 0.717) is 5.69 Å². The molecule has 7 nitrogen and oxygen atoms in total. The van der Waals surface area contributed by atoms with Gasteiger partial charge in [-0.25, -0.2) is 4.98 Å². The van der Waals surface area contributed by atoms with Crippen LogP contribution in [0.5, 0.6) is 0 Å². The van der Waals surface area contributed by atoms with Gasteiger partial charge in [0, 0.05) is 44.0 Å². The van der Waals surface area contributed by atoms with Gasteiger partial charge in [0.15, 0.2) is 5.69 Å². The molecule has 2 aromatic rings. The Balaban J connectivity index is 1.54. The minimum Gasteiger partial charge on any atom is -0.348 e. The zero-order valence-corrected chi connectivity index (χ0v) is 12.0. The highest BCUT2D eigenvalue weighted by molar-refractivity contribution is 7.03. The van der Waals surface area contributed by atoms with Gasteiger partial charge >= 0.3 is 0 Å². The van der Waals surface area contributed by atoms with Crippen molar-refractivity contribution in [2.24, 2.45) is 7.05 Å². The van der Waals surface area contributed by atoms with Crippen molar-refractivity contribution in [1.29, 1.82) is 0 Å². The summed E-state index contributed by atoms with van der Waals surface area (Å²) in [6.45, 7) is 1.79. The molecule has 0 bridgehead atoms. The van der Waals surface area contributed by atoms with Gasteiger partial charge in [0.25, 0.3) is 5.91 Å². The van der Waals surface area contributed by atoms with Crippen molar-refractivity contribution < 1.29 is 4.79 Å². The van der Waals surface area contributed by atoms with E-state index < -0.39 is 0 Å². The largest absolute Gasteiger partial charge is 0.348 e. The van der Waals surface area contributed by atoms with Gasteiger partial charge in [0.1, 0.15) is 0 Å². The summed E-state index contributed by atoms with van der Waals surface area (Å²) in [6.07, 6.45) is 5.57. The molecule has 1 fully saturated rings. The second-order valence-corrected chi connectivity index (χ2v) is 5.47. The lowest BCUT2D eigenvalue weighted by Gasteiger charge is -2.32. The van der Waals surface area contributed by atoms with E-state index in [0.717, 1.165) is 31.9 Å². The molecule has 0 aromatic carbocycles. The normalized spacial score (nSPS) is 16.4. The Morgan fingerprint density at radius 2 is 2.25 bits per heavy atom. The summed E-state index contributed by atoms with van der Waals surface area (Å²) in [6, 6.07) is 0.195. The molecule has 8 heteroatoms. The van der Waals surface area contributed by atoms with Gasteiger partial charge in [-0.2, -0.15) is 0 Å². The van der Waals surface area contributed by atoms with Crippen LogP contribution in [0.2, 0.25) is 0 Å². The second-order valence-electron chi connectivity index (χ2n) is 4.86. The number of imidazole rings is 1. The molecule has 0 atom stereocenters. The first kappa shape index (κ1) is 13.0. The van der Waals surface area contributed by atoms with Crippen LogP contribution in [0.4, 0.5) is 5.95 Å². The molecule has 3 heterocycles. The molecule has 1 aliphatic rings. The van der Waals surface area contributed by atoms with Crippen LogP contribution in [0.25, 0.3) is 0 Å². The molecule has 0 saturated carbocycles. The predicted octanol–water partition coefficient (Wildman–Crippen LogP) is 0.670. The van der Waals surface area contributed by atoms with Gasteiger partial charge in [-0.15, -0.1) is 5.10 Å². The molecule has 2 aromatic heterocycles. The molecule has 1 aliphatic heterocycles. The van der Waals surface area contributed by atoms with Crippen molar-refractivity contribution in [1.82, 2.24) is 24.5 Å². The molecule has 1 saturated heterocycles. The Morgan fingerprint density at radius 1 is 1.45 bits per heavy atom. The zero-order chi connectivity index (χ0) is 13.9. The molecular formula is C12H16N6OS. The summed E-state index contributed by atoms with van der Waals surface area (Å²) in [4.78, 5) is 18.5. The van der Waals surface area contributed by atoms with E-state index in [2.05, 4.69) is 24.8 Å². The minimum atomic E-state index is -0.130. The number of nitrogens with one attached hydrogen (secondary N) is 1. The monoisotopic (exact) mass is 292 g/mol. The summed E-state index contributed by atoms with van der Waals surface area (Å²) in [5.41, 5.74) is 0.404. The third-order valence-electron chi connectivity index (χ3n) is 3.50.